The van der Waals surface area contributed by atoms with Gasteiger partial charge in [0.15, 0.2) is 13.2 Å². The number of carbonyl (C=O) groups excluding carboxylic acids is 2. The van der Waals surface area contributed by atoms with Crippen LogP contribution in [0.2, 0.25) is 5.02 Å². The van der Waals surface area contributed by atoms with Crippen LogP contribution in [0.15, 0.2) is 48.5 Å². The van der Waals surface area contributed by atoms with Crippen LogP contribution in [0.4, 0.5) is 0 Å². The molecule has 2 rings (SSSR count). The van der Waals surface area contributed by atoms with Gasteiger partial charge in [0.1, 0.15) is 11.5 Å². The van der Waals surface area contributed by atoms with Gasteiger partial charge in [0.25, 0.3) is 11.8 Å². The molecular formula is C17H14ClN3O4. The second kappa shape index (κ2) is 9.15. The first kappa shape index (κ1) is 18.1. The van der Waals surface area contributed by atoms with E-state index in [1.807, 2.05) is 6.07 Å². The highest BCUT2D eigenvalue weighted by molar-refractivity contribution is 6.32. The first-order valence-corrected chi connectivity index (χ1v) is 7.54. The van der Waals surface area contributed by atoms with E-state index in [0.29, 0.717) is 22.1 Å². The standard InChI is InChI=1S/C17H14ClN3O4/c18-14-3-1-2-4-15(14)25-11-17(23)21-20-16(22)10-24-13-7-5-12(9-19)6-8-13/h1-8H,10-11H2,(H,20,22)(H,21,23). The summed E-state index contributed by atoms with van der Waals surface area (Å²) >= 11 is 5.89. The van der Waals surface area contributed by atoms with Gasteiger partial charge in [0.05, 0.1) is 16.7 Å². The summed E-state index contributed by atoms with van der Waals surface area (Å²) in [7, 11) is 0. The highest BCUT2D eigenvalue weighted by Gasteiger charge is 2.08. The van der Waals surface area contributed by atoms with Gasteiger partial charge in [-0.3, -0.25) is 20.4 Å². The van der Waals surface area contributed by atoms with E-state index in [9.17, 15) is 9.59 Å². The van der Waals surface area contributed by atoms with Crippen molar-refractivity contribution in [3.8, 4) is 17.6 Å². The normalized spacial score (nSPS) is 9.60. The molecule has 2 aromatic carbocycles. The summed E-state index contributed by atoms with van der Waals surface area (Å²) in [5.41, 5.74) is 4.88. The fourth-order valence-electron chi connectivity index (χ4n) is 1.69. The van der Waals surface area contributed by atoms with Crippen LogP contribution in [0, 0.1) is 11.3 Å². The molecule has 0 aliphatic rings. The fourth-order valence-corrected chi connectivity index (χ4v) is 1.88. The molecule has 0 saturated carbocycles. The van der Waals surface area contributed by atoms with E-state index in [1.54, 1.807) is 48.5 Å². The largest absolute Gasteiger partial charge is 0.484 e. The minimum absolute atomic E-state index is 0.294. The monoisotopic (exact) mass is 359 g/mol. The topological polar surface area (TPSA) is 100 Å². The number of nitrogens with one attached hydrogen (secondary N) is 2. The predicted molar refractivity (Wildman–Crippen MR) is 89.9 cm³/mol. The van der Waals surface area contributed by atoms with Gasteiger partial charge in [-0.2, -0.15) is 5.26 Å². The minimum Gasteiger partial charge on any atom is -0.484 e. The molecule has 0 heterocycles. The highest BCUT2D eigenvalue weighted by atomic mass is 35.5. The zero-order valence-electron chi connectivity index (χ0n) is 13.0. The minimum atomic E-state index is -0.549. The Morgan fingerprint density at radius 2 is 1.56 bits per heavy atom. The Bertz CT molecular complexity index is 787. The molecule has 2 amide bonds. The maximum absolute atomic E-state index is 11.6. The second-order valence-electron chi connectivity index (χ2n) is 4.74. The third-order valence-corrected chi connectivity index (χ3v) is 3.20. The summed E-state index contributed by atoms with van der Waals surface area (Å²) < 4.78 is 10.5. The molecule has 0 saturated heterocycles. The lowest BCUT2D eigenvalue weighted by molar-refractivity contribution is -0.131. The summed E-state index contributed by atoms with van der Waals surface area (Å²) in [6.45, 7) is -0.599. The molecule has 0 fully saturated rings. The Kier molecular flexibility index (Phi) is 6.63. The van der Waals surface area contributed by atoms with Gasteiger partial charge in [0, 0.05) is 0 Å². The number of amides is 2. The summed E-state index contributed by atoms with van der Waals surface area (Å²) in [6, 6.07) is 15.0. The van der Waals surface area contributed by atoms with Gasteiger partial charge in [-0.05, 0) is 36.4 Å². The Balaban J connectivity index is 1.67. The number of hydrazine groups is 1. The molecule has 8 heteroatoms. The Morgan fingerprint density at radius 1 is 0.960 bits per heavy atom. The summed E-state index contributed by atoms with van der Waals surface area (Å²) in [5, 5.41) is 9.07. The lowest BCUT2D eigenvalue weighted by Gasteiger charge is -2.10. The van der Waals surface area contributed by atoms with Crippen molar-refractivity contribution >= 4 is 23.4 Å². The van der Waals surface area contributed by atoms with Gasteiger partial charge in [-0.15, -0.1) is 0 Å². The molecule has 128 valence electrons. The van der Waals surface area contributed by atoms with Crippen molar-refractivity contribution in [2.45, 2.75) is 0 Å². The summed E-state index contributed by atoms with van der Waals surface area (Å²) in [5.74, 6) is -0.292. The SMILES string of the molecule is N#Cc1ccc(OCC(=O)NNC(=O)COc2ccccc2Cl)cc1. The fraction of sp³-hybridized carbons (Fsp3) is 0.118. The van der Waals surface area contributed by atoms with E-state index in [4.69, 9.17) is 26.3 Å². The third kappa shape index (κ3) is 6.05. The van der Waals surface area contributed by atoms with Gasteiger partial charge in [-0.1, -0.05) is 23.7 Å². The van der Waals surface area contributed by atoms with E-state index >= 15 is 0 Å². The van der Waals surface area contributed by atoms with E-state index in [1.165, 1.54) is 0 Å². The van der Waals surface area contributed by atoms with Crippen molar-refractivity contribution in [2.75, 3.05) is 13.2 Å². The number of ether oxygens (including phenoxy) is 2. The molecular weight excluding hydrogens is 346 g/mol. The second-order valence-corrected chi connectivity index (χ2v) is 5.15. The molecule has 0 radical (unpaired) electrons. The van der Waals surface area contributed by atoms with Gasteiger partial charge in [-0.25, -0.2) is 0 Å². The van der Waals surface area contributed by atoms with Crippen molar-refractivity contribution < 1.29 is 19.1 Å². The quantitative estimate of drug-likeness (QED) is 0.766. The lowest BCUT2D eigenvalue weighted by atomic mass is 10.2. The van der Waals surface area contributed by atoms with E-state index < -0.39 is 11.8 Å². The third-order valence-electron chi connectivity index (χ3n) is 2.89. The number of halogens is 1. The summed E-state index contributed by atoms with van der Waals surface area (Å²) in [6.07, 6.45) is 0. The number of hydrogen-bond donors (Lipinski definition) is 2. The molecule has 0 bridgehead atoms. The van der Waals surface area contributed by atoms with Gasteiger partial charge >= 0.3 is 0 Å². The van der Waals surface area contributed by atoms with Crippen LogP contribution in [-0.2, 0) is 9.59 Å². The number of para-hydroxylation sites is 1. The van der Waals surface area contributed by atoms with E-state index in [2.05, 4.69) is 10.9 Å². The van der Waals surface area contributed by atoms with Crippen molar-refractivity contribution in [3.63, 3.8) is 0 Å². The van der Waals surface area contributed by atoms with Crippen molar-refractivity contribution in [3.05, 3.63) is 59.1 Å². The van der Waals surface area contributed by atoms with E-state index in [0.717, 1.165) is 0 Å². The molecule has 2 N–H and O–H groups in total. The zero-order chi connectivity index (χ0) is 18.1. The van der Waals surface area contributed by atoms with Crippen LogP contribution in [0.1, 0.15) is 5.56 Å². The van der Waals surface area contributed by atoms with E-state index in [-0.39, 0.29) is 13.2 Å². The number of nitriles is 1. The first-order chi connectivity index (χ1) is 12.1. The van der Waals surface area contributed by atoms with Crippen LogP contribution in [-0.4, -0.2) is 25.0 Å². The van der Waals surface area contributed by atoms with Crippen LogP contribution >= 0.6 is 11.6 Å². The van der Waals surface area contributed by atoms with Crippen LogP contribution in [0.5, 0.6) is 11.5 Å². The van der Waals surface area contributed by atoms with Crippen LogP contribution < -0.4 is 20.3 Å². The van der Waals surface area contributed by atoms with Crippen LogP contribution in [0.3, 0.4) is 0 Å². The molecule has 0 spiro atoms. The zero-order valence-corrected chi connectivity index (χ0v) is 13.7. The predicted octanol–water partition coefficient (Wildman–Crippen LogP) is 1.82. The molecule has 0 atom stereocenters. The molecule has 25 heavy (non-hydrogen) atoms. The smallest absolute Gasteiger partial charge is 0.276 e. The molecule has 7 nitrogen and oxygen atoms in total. The average Bonchev–Trinajstić information content (AvgIpc) is 2.64. The molecule has 0 aliphatic heterocycles. The number of nitrogens with zero attached hydrogens (tertiary/aromatic N) is 1. The average molecular weight is 360 g/mol. The number of benzene rings is 2. The number of hydrogen-bond acceptors (Lipinski definition) is 5. The summed E-state index contributed by atoms with van der Waals surface area (Å²) in [4.78, 5) is 23.2. The maximum Gasteiger partial charge on any atom is 0.276 e. The Morgan fingerprint density at radius 3 is 2.16 bits per heavy atom. The first-order valence-electron chi connectivity index (χ1n) is 7.16. The molecule has 0 aliphatic carbocycles. The number of carbonyl (C=O) groups is 2. The van der Waals surface area contributed by atoms with Gasteiger partial charge < -0.3 is 9.47 Å². The molecule has 0 unspecified atom stereocenters. The van der Waals surface area contributed by atoms with Crippen molar-refractivity contribution in [2.24, 2.45) is 0 Å². The highest BCUT2D eigenvalue weighted by Crippen LogP contribution is 2.22. The molecule has 0 aromatic heterocycles. The van der Waals surface area contributed by atoms with Crippen molar-refractivity contribution in [1.29, 1.82) is 5.26 Å². The lowest BCUT2D eigenvalue weighted by Crippen LogP contribution is -2.45. The maximum atomic E-state index is 11.6. The van der Waals surface area contributed by atoms with Gasteiger partial charge in [0.2, 0.25) is 0 Å². The Labute approximate surface area is 149 Å². The van der Waals surface area contributed by atoms with Crippen LogP contribution in [0.25, 0.3) is 0 Å². The number of rotatable bonds is 6. The Hall–Kier alpha value is -3.24. The molecule has 2 aromatic rings. The van der Waals surface area contributed by atoms with Crippen molar-refractivity contribution in [1.82, 2.24) is 10.9 Å².